The van der Waals surface area contributed by atoms with Crippen molar-refractivity contribution in [2.24, 2.45) is 11.5 Å². The second-order valence-electron chi connectivity index (χ2n) is 10.4. The standard InChI is InChI=1S/C32H37ClN4O4/c1-20-8-3-4-9-24(20)30(38)36-23-13-14-25(21(2)18-23)31(39)37-17-7-11-29(26-19-22(33)12-15-28(26)37)41-32(40)27(35)10-5-6-16-34/h3-4,8-9,12-15,18-19,27,29H,5-7,10-11,16-17,34-35H2,1-2H3,(H,36,38)/t27-,29?/m0/s1. The van der Waals surface area contributed by atoms with E-state index in [0.29, 0.717) is 65.4 Å². The molecule has 4 rings (SSSR count). The summed E-state index contributed by atoms with van der Waals surface area (Å²) < 4.78 is 5.87. The zero-order chi connectivity index (χ0) is 29.5. The fourth-order valence-electron chi connectivity index (χ4n) is 5.08. The lowest BCUT2D eigenvalue weighted by Crippen LogP contribution is -2.33. The smallest absolute Gasteiger partial charge is 0.323 e. The Labute approximate surface area is 246 Å². The molecule has 2 amide bonds. The van der Waals surface area contributed by atoms with Crippen molar-refractivity contribution in [2.75, 3.05) is 23.3 Å². The van der Waals surface area contributed by atoms with Gasteiger partial charge in [0.05, 0.1) is 5.69 Å². The van der Waals surface area contributed by atoms with Crippen molar-refractivity contribution >= 4 is 40.8 Å². The normalized spacial score (nSPS) is 15.4. The zero-order valence-electron chi connectivity index (χ0n) is 23.5. The van der Waals surface area contributed by atoms with Crippen LogP contribution in [0.25, 0.3) is 0 Å². The fourth-order valence-corrected chi connectivity index (χ4v) is 5.26. The summed E-state index contributed by atoms with van der Waals surface area (Å²) in [6, 6.07) is 17.1. The fraction of sp³-hybridized carbons (Fsp3) is 0.344. The van der Waals surface area contributed by atoms with E-state index in [4.69, 9.17) is 27.8 Å². The van der Waals surface area contributed by atoms with E-state index in [2.05, 4.69) is 5.32 Å². The van der Waals surface area contributed by atoms with Gasteiger partial charge in [-0.3, -0.25) is 14.4 Å². The predicted molar refractivity (Wildman–Crippen MR) is 162 cm³/mol. The molecule has 0 saturated carbocycles. The van der Waals surface area contributed by atoms with Gasteiger partial charge >= 0.3 is 5.97 Å². The third-order valence-corrected chi connectivity index (χ3v) is 7.59. The maximum absolute atomic E-state index is 13.9. The molecule has 1 unspecified atom stereocenters. The third kappa shape index (κ3) is 7.33. The topological polar surface area (TPSA) is 128 Å². The van der Waals surface area contributed by atoms with Crippen LogP contribution >= 0.6 is 11.6 Å². The first kappa shape index (κ1) is 30.2. The number of unbranched alkanes of at least 4 members (excludes halogenated alkanes) is 1. The van der Waals surface area contributed by atoms with E-state index < -0.39 is 18.1 Å². The minimum Gasteiger partial charge on any atom is -0.456 e. The first-order chi connectivity index (χ1) is 19.7. The number of anilines is 2. The molecule has 1 aliphatic heterocycles. The summed E-state index contributed by atoms with van der Waals surface area (Å²) >= 11 is 6.35. The number of hydrogen-bond donors (Lipinski definition) is 3. The van der Waals surface area contributed by atoms with Crippen LogP contribution < -0.4 is 21.7 Å². The lowest BCUT2D eigenvalue weighted by Gasteiger charge is -2.25. The molecule has 1 aliphatic rings. The van der Waals surface area contributed by atoms with Crippen LogP contribution in [0, 0.1) is 13.8 Å². The van der Waals surface area contributed by atoms with Gasteiger partial charge in [0.15, 0.2) is 0 Å². The molecular weight excluding hydrogens is 540 g/mol. The average molecular weight is 577 g/mol. The number of ether oxygens (including phenoxy) is 1. The van der Waals surface area contributed by atoms with Crippen LogP contribution in [0.4, 0.5) is 11.4 Å². The Balaban J connectivity index is 1.54. The number of carbonyl (C=O) groups excluding carboxylic acids is 3. The number of esters is 1. The minimum atomic E-state index is -0.738. The average Bonchev–Trinajstić information content (AvgIpc) is 3.12. The van der Waals surface area contributed by atoms with Gasteiger partial charge in [0.2, 0.25) is 0 Å². The Morgan fingerprint density at radius 2 is 1.80 bits per heavy atom. The summed E-state index contributed by atoms with van der Waals surface area (Å²) in [7, 11) is 0. The van der Waals surface area contributed by atoms with Gasteiger partial charge in [0.1, 0.15) is 12.1 Å². The summed E-state index contributed by atoms with van der Waals surface area (Å²) in [6.07, 6.45) is 2.60. The Morgan fingerprint density at radius 3 is 2.54 bits per heavy atom. The number of hydrogen-bond acceptors (Lipinski definition) is 6. The quantitative estimate of drug-likeness (QED) is 0.222. The lowest BCUT2D eigenvalue weighted by molar-refractivity contribution is -0.151. The molecule has 3 aromatic rings. The second-order valence-corrected chi connectivity index (χ2v) is 10.9. The Kier molecular flexibility index (Phi) is 10.2. The number of rotatable bonds is 9. The summed E-state index contributed by atoms with van der Waals surface area (Å²) in [5, 5.41) is 3.41. The molecule has 2 atom stereocenters. The van der Waals surface area contributed by atoms with Crippen LogP contribution in [0.5, 0.6) is 0 Å². The highest BCUT2D eigenvalue weighted by molar-refractivity contribution is 6.30. The second kappa shape index (κ2) is 13.8. The van der Waals surface area contributed by atoms with Crippen LogP contribution in [0.2, 0.25) is 5.02 Å². The highest BCUT2D eigenvalue weighted by atomic mass is 35.5. The highest BCUT2D eigenvalue weighted by Crippen LogP contribution is 2.38. The van der Waals surface area contributed by atoms with Gasteiger partial charge in [-0.2, -0.15) is 0 Å². The van der Waals surface area contributed by atoms with Crippen LogP contribution in [0.15, 0.2) is 60.7 Å². The molecule has 0 aromatic heterocycles. The van der Waals surface area contributed by atoms with Crippen LogP contribution in [-0.4, -0.2) is 36.9 Å². The number of nitrogens with one attached hydrogen (secondary N) is 1. The Hall–Kier alpha value is -3.72. The zero-order valence-corrected chi connectivity index (χ0v) is 24.2. The molecular formula is C32H37ClN4O4. The van der Waals surface area contributed by atoms with E-state index in [9.17, 15) is 14.4 Å². The van der Waals surface area contributed by atoms with Gasteiger partial charge in [-0.15, -0.1) is 0 Å². The largest absolute Gasteiger partial charge is 0.456 e. The number of aryl methyl sites for hydroxylation is 2. The van der Waals surface area contributed by atoms with Gasteiger partial charge in [-0.05, 0) is 99.7 Å². The monoisotopic (exact) mass is 576 g/mol. The van der Waals surface area contributed by atoms with Crippen LogP contribution in [-0.2, 0) is 9.53 Å². The number of nitrogens with zero attached hydrogens (tertiary/aromatic N) is 1. The number of amides is 2. The van der Waals surface area contributed by atoms with E-state index in [1.165, 1.54) is 0 Å². The highest BCUT2D eigenvalue weighted by Gasteiger charge is 2.31. The predicted octanol–water partition coefficient (Wildman–Crippen LogP) is 5.69. The van der Waals surface area contributed by atoms with Crippen molar-refractivity contribution in [3.05, 3.63) is 93.5 Å². The van der Waals surface area contributed by atoms with Gasteiger partial charge in [0.25, 0.3) is 11.8 Å². The van der Waals surface area contributed by atoms with E-state index in [1.54, 1.807) is 47.4 Å². The summed E-state index contributed by atoms with van der Waals surface area (Å²) in [6.45, 7) is 4.71. The van der Waals surface area contributed by atoms with Crippen molar-refractivity contribution in [3.63, 3.8) is 0 Å². The van der Waals surface area contributed by atoms with Crippen molar-refractivity contribution in [1.29, 1.82) is 0 Å². The number of benzene rings is 3. The first-order valence-electron chi connectivity index (χ1n) is 13.9. The molecule has 1 heterocycles. The lowest BCUT2D eigenvalue weighted by atomic mass is 10.0. The number of carbonyl (C=O) groups is 3. The molecule has 5 N–H and O–H groups in total. The Bertz CT molecular complexity index is 1430. The summed E-state index contributed by atoms with van der Waals surface area (Å²) in [4.78, 5) is 41.1. The van der Waals surface area contributed by atoms with Crippen molar-refractivity contribution in [3.8, 4) is 0 Å². The molecule has 216 valence electrons. The maximum Gasteiger partial charge on any atom is 0.323 e. The van der Waals surface area contributed by atoms with Gasteiger partial charge in [-0.1, -0.05) is 36.2 Å². The molecule has 0 spiro atoms. The Morgan fingerprint density at radius 1 is 1.02 bits per heavy atom. The van der Waals surface area contributed by atoms with Crippen molar-refractivity contribution in [2.45, 2.75) is 58.1 Å². The van der Waals surface area contributed by atoms with E-state index in [1.807, 2.05) is 32.0 Å². The first-order valence-corrected chi connectivity index (χ1v) is 14.3. The summed E-state index contributed by atoms with van der Waals surface area (Å²) in [5.74, 6) is -0.871. The van der Waals surface area contributed by atoms with E-state index in [0.717, 1.165) is 24.0 Å². The molecule has 0 bridgehead atoms. The SMILES string of the molecule is Cc1ccccc1C(=O)Nc1ccc(C(=O)N2CCCC(OC(=O)[C@@H](N)CCCCN)c3cc(Cl)ccc32)c(C)c1. The third-order valence-electron chi connectivity index (χ3n) is 7.36. The van der Waals surface area contributed by atoms with Crippen molar-refractivity contribution < 1.29 is 19.1 Å². The van der Waals surface area contributed by atoms with Gasteiger partial charge in [0, 0.05) is 33.9 Å². The van der Waals surface area contributed by atoms with Gasteiger partial charge < -0.3 is 26.4 Å². The maximum atomic E-state index is 13.9. The number of halogens is 1. The van der Waals surface area contributed by atoms with E-state index >= 15 is 0 Å². The van der Waals surface area contributed by atoms with Crippen LogP contribution in [0.3, 0.4) is 0 Å². The minimum absolute atomic E-state index is 0.187. The van der Waals surface area contributed by atoms with Crippen molar-refractivity contribution in [1.82, 2.24) is 0 Å². The molecule has 0 aliphatic carbocycles. The molecule has 9 heteroatoms. The molecule has 0 saturated heterocycles. The molecule has 3 aromatic carbocycles. The van der Waals surface area contributed by atoms with Crippen LogP contribution in [0.1, 0.15) is 75.6 Å². The molecule has 0 radical (unpaired) electrons. The summed E-state index contributed by atoms with van der Waals surface area (Å²) in [5.41, 5.74) is 16.3. The molecule has 8 nitrogen and oxygen atoms in total. The number of nitrogens with two attached hydrogens (primary N) is 2. The molecule has 0 fully saturated rings. The van der Waals surface area contributed by atoms with E-state index in [-0.39, 0.29) is 11.8 Å². The number of fused-ring (bicyclic) bond motifs is 1. The van der Waals surface area contributed by atoms with Gasteiger partial charge in [-0.25, -0.2) is 0 Å². The molecule has 41 heavy (non-hydrogen) atoms.